The van der Waals surface area contributed by atoms with Gasteiger partial charge in [0.1, 0.15) is 0 Å². The Morgan fingerprint density at radius 1 is 1.30 bits per heavy atom. The fraction of sp³-hybridized carbons (Fsp3) is 0.308. The standard InChI is InChI=1S/C13H12ClF3N2O2S2/c1-7(2)10-6-22-12(18-10)19-23(20,21)11-4-3-8(14)5-9(11)13(15,16)17/h3-7H,1-2H3,(H,18,19). The number of nitrogens with zero attached hydrogens (tertiary/aromatic N) is 1. The summed E-state index contributed by atoms with van der Waals surface area (Å²) in [6.07, 6.45) is -4.85. The largest absolute Gasteiger partial charge is 0.417 e. The van der Waals surface area contributed by atoms with Crippen molar-refractivity contribution in [2.24, 2.45) is 0 Å². The molecule has 1 heterocycles. The molecule has 2 aromatic rings. The Morgan fingerprint density at radius 3 is 2.48 bits per heavy atom. The topological polar surface area (TPSA) is 59.1 Å². The highest BCUT2D eigenvalue weighted by Crippen LogP contribution is 2.36. The minimum atomic E-state index is -4.85. The molecule has 1 aromatic heterocycles. The third-order valence-electron chi connectivity index (χ3n) is 2.87. The second-order valence-electron chi connectivity index (χ2n) is 4.98. The number of halogens is 4. The van der Waals surface area contributed by atoms with Gasteiger partial charge in [0.05, 0.1) is 16.2 Å². The molecule has 0 unspecified atom stereocenters. The molecule has 0 aliphatic rings. The monoisotopic (exact) mass is 384 g/mol. The fourth-order valence-electron chi connectivity index (χ4n) is 1.73. The number of benzene rings is 1. The first-order valence-corrected chi connectivity index (χ1v) is 9.10. The second kappa shape index (κ2) is 6.29. The molecule has 0 saturated carbocycles. The molecule has 126 valence electrons. The number of hydrogen-bond acceptors (Lipinski definition) is 4. The maximum atomic E-state index is 13.0. The zero-order valence-corrected chi connectivity index (χ0v) is 14.4. The Kier molecular flexibility index (Phi) is 4.93. The lowest BCUT2D eigenvalue weighted by atomic mass is 10.2. The normalized spacial score (nSPS) is 12.7. The number of rotatable bonds is 4. The van der Waals surface area contributed by atoms with Crippen molar-refractivity contribution < 1.29 is 21.6 Å². The van der Waals surface area contributed by atoms with E-state index < -0.39 is 26.7 Å². The highest BCUT2D eigenvalue weighted by Gasteiger charge is 2.37. The van der Waals surface area contributed by atoms with E-state index in [1.807, 2.05) is 13.8 Å². The summed E-state index contributed by atoms with van der Waals surface area (Å²) in [5, 5.41) is 1.46. The molecule has 4 nitrogen and oxygen atoms in total. The Balaban J connectivity index is 2.43. The van der Waals surface area contributed by atoms with Crippen LogP contribution in [-0.4, -0.2) is 13.4 Å². The van der Waals surface area contributed by atoms with E-state index in [0.29, 0.717) is 11.8 Å². The van der Waals surface area contributed by atoms with Crippen LogP contribution in [0.3, 0.4) is 0 Å². The van der Waals surface area contributed by atoms with Crippen LogP contribution in [-0.2, 0) is 16.2 Å². The number of thiazole rings is 1. The second-order valence-corrected chi connectivity index (χ2v) is 7.92. The zero-order chi connectivity index (χ0) is 17.4. The van der Waals surface area contributed by atoms with Crippen LogP contribution in [0.4, 0.5) is 18.3 Å². The number of aromatic nitrogens is 1. The van der Waals surface area contributed by atoms with Crippen LogP contribution < -0.4 is 4.72 Å². The van der Waals surface area contributed by atoms with E-state index in [2.05, 4.69) is 9.71 Å². The predicted molar refractivity (Wildman–Crippen MR) is 83.5 cm³/mol. The maximum absolute atomic E-state index is 13.0. The molecule has 0 radical (unpaired) electrons. The van der Waals surface area contributed by atoms with Crippen LogP contribution in [0.25, 0.3) is 0 Å². The van der Waals surface area contributed by atoms with Crippen molar-refractivity contribution in [3.05, 3.63) is 39.9 Å². The van der Waals surface area contributed by atoms with Gasteiger partial charge in [0.25, 0.3) is 10.0 Å². The van der Waals surface area contributed by atoms with E-state index >= 15 is 0 Å². The third-order valence-corrected chi connectivity index (χ3v) is 5.41. The molecule has 0 aliphatic heterocycles. The van der Waals surface area contributed by atoms with Crippen molar-refractivity contribution >= 4 is 38.1 Å². The van der Waals surface area contributed by atoms with Crippen LogP contribution in [0.1, 0.15) is 31.0 Å². The number of alkyl halides is 3. The average molecular weight is 385 g/mol. The summed E-state index contributed by atoms with van der Waals surface area (Å²) in [6.45, 7) is 3.74. The fourth-order valence-corrected chi connectivity index (χ4v) is 4.23. The van der Waals surface area contributed by atoms with Gasteiger partial charge in [0.2, 0.25) is 0 Å². The van der Waals surface area contributed by atoms with Crippen molar-refractivity contribution in [2.45, 2.75) is 30.8 Å². The molecule has 2 rings (SSSR count). The average Bonchev–Trinajstić information content (AvgIpc) is 2.85. The van der Waals surface area contributed by atoms with Gasteiger partial charge in [0.15, 0.2) is 5.13 Å². The number of hydrogen-bond donors (Lipinski definition) is 1. The molecule has 0 aliphatic carbocycles. The molecule has 1 N–H and O–H groups in total. The maximum Gasteiger partial charge on any atom is 0.417 e. The third kappa shape index (κ3) is 4.15. The van der Waals surface area contributed by atoms with E-state index in [-0.39, 0.29) is 16.1 Å². The van der Waals surface area contributed by atoms with E-state index in [4.69, 9.17) is 11.6 Å². The van der Waals surface area contributed by atoms with E-state index in [9.17, 15) is 21.6 Å². The van der Waals surface area contributed by atoms with Crippen molar-refractivity contribution in [1.82, 2.24) is 4.98 Å². The molecular formula is C13H12ClF3N2O2S2. The van der Waals surface area contributed by atoms with Gasteiger partial charge in [-0.3, -0.25) is 4.72 Å². The molecule has 0 bridgehead atoms. The summed E-state index contributed by atoms with van der Waals surface area (Å²) in [6, 6.07) is 2.49. The van der Waals surface area contributed by atoms with Gasteiger partial charge in [0, 0.05) is 10.4 Å². The van der Waals surface area contributed by atoms with E-state index in [0.717, 1.165) is 23.5 Å². The quantitative estimate of drug-likeness (QED) is 0.828. The van der Waals surface area contributed by atoms with Gasteiger partial charge < -0.3 is 0 Å². The minimum absolute atomic E-state index is 0.0109. The van der Waals surface area contributed by atoms with Gasteiger partial charge >= 0.3 is 6.18 Å². The molecule has 0 fully saturated rings. The first kappa shape index (κ1) is 18.0. The van der Waals surface area contributed by atoms with Crippen molar-refractivity contribution in [3.63, 3.8) is 0 Å². The van der Waals surface area contributed by atoms with Crippen molar-refractivity contribution in [1.29, 1.82) is 0 Å². The molecule has 0 spiro atoms. The summed E-state index contributed by atoms with van der Waals surface area (Å²) in [5.74, 6) is 0.0748. The lowest BCUT2D eigenvalue weighted by Gasteiger charge is -2.13. The van der Waals surface area contributed by atoms with Gasteiger partial charge in [-0.25, -0.2) is 13.4 Å². The van der Waals surface area contributed by atoms with Gasteiger partial charge in [-0.05, 0) is 24.1 Å². The van der Waals surface area contributed by atoms with E-state index in [1.54, 1.807) is 5.38 Å². The van der Waals surface area contributed by atoms with Crippen LogP contribution in [0.5, 0.6) is 0 Å². The predicted octanol–water partition coefficient (Wildman–Crippen LogP) is 4.74. The Morgan fingerprint density at radius 2 is 1.96 bits per heavy atom. The molecule has 23 heavy (non-hydrogen) atoms. The van der Waals surface area contributed by atoms with Crippen molar-refractivity contribution in [3.8, 4) is 0 Å². The van der Waals surface area contributed by atoms with E-state index in [1.165, 1.54) is 0 Å². The number of sulfonamides is 1. The summed E-state index contributed by atoms with van der Waals surface area (Å²) >= 11 is 6.55. The highest BCUT2D eigenvalue weighted by molar-refractivity contribution is 7.93. The molecule has 10 heteroatoms. The highest BCUT2D eigenvalue weighted by atomic mass is 35.5. The number of anilines is 1. The summed E-state index contributed by atoms with van der Waals surface area (Å²) in [7, 11) is -4.44. The lowest BCUT2D eigenvalue weighted by Crippen LogP contribution is -2.19. The molecule has 1 aromatic carbocycles. The Labute approximate surface area is 140 Å². The zero-order valence-electron chi connectivity index (χ0n) is 12.0. The SMILES string of the molecule is CC(C)c1csc(NS(=O)(=O)c2ccc(Cl)cc2C(F)(F)F)n1. The molecular weight excluding hydrogens is 373 g/mol. The summed E-state index contributed by atoms with van der Waals surface area (Å²) in [4.78, 5) is 3.16. The first-order valence-electron chi connectivity index (χ1n) is 6.35. The van der Waals surface area contributed by atoms with Crippen LogP contribution in [0.2, 0.25) is 5.02 Å². The van der Waals surface area contributed by atoms with Gasteiger partial charge in [-0.15, -0.1) is 11.3 Å². The number of nitrogens with one attached hydrogen (secondary N) is 1. The molecule has 0 atom stereocenters. The van der Waals surface area contributed by atoms with Gasteiger partial charge in [-0.1, -0.05) is 25.4 Å². The molecule has 0 amide bonds. The molecule has 0 saturated heterocycles. The summed E-state index contributed by atoms with van der Waals surface area (Å²) in [5.41, 5.74) is -0.669. The van der Waals surface area contributed by atoms with Crippen LogP contribution >= 0.6 is 22.9 Å². The first-order chi connectivity index (χ1) is 10.5. The van der Waals surface area contributed by atoms with Crippen molar-refractivity contribution in [2.75, 3.05) is 4.72 Å². The van der Waals surface area contributed by atoms with Crippen LogP contribution in [0.15, 0.2) is 28.5 Å². The lowest BCUT2D eigenvalue weighted by molar-refractivity contribution is -0.139. The smallest absolute Gasteiger partial charge is 0.255 e. The Hall–Kier alpha value is -1.32. The minimum Gasteiger partial charge on any atom is -0.255 e. The van der Waals surface area contributed by atoms with Gasteiger partial charge in [-0.2, -0.15) is 13.2 Å². The summed E-state index contributed by atoms with van der Waals surface area (Å²) < 4.78 is 65.8. The van der Waals surface area contributed by atoms with Crippen LogP contribution in [0, 0.1) is 0 Å². The Bertz CT molecular complexity index is 817.